The molecule has 0 aliphatic heterocycles. The summed E-state index contributed by atoms with van der Waals surface area (Å²) in [5.41, 5.74) is 0.266. The van der Waals surface area contributed by atoms with Crippen LogP contribution in [0.4, 0.5) is 13.2 Å². The Hall–Kier alpha value is -3.40. The zero-order valence-corrected chi connectivity index (χ0v) is 20.7. The third-order valence-corrected chi connectivity index (χ3v) is 6.58. The van der Waals surface area contributed by atoms with Gasteiger partial charge >= 0.3 is 12.1 Å². The number of carboxylic acid groups (broad SMARTS) is 1. The second-order valence-electron chi connectivity index (χ2n) is 9.07. The van der Waals surface area contributed by atoms with Crippen LogP contribution in [0.5, 0.6) is 5.75 Å². The SMILES string of the molecule is CC(C)(CCc1ccc(C(=O)NCCC(=O)O)s1)COc1ccc(-c2ccc(C(F)(F)F)cc2)nc1. The number of pyridine rings is 1. The molecule has 1 aromatic carbocycles. The quantitative estimate of drug-likeness (QED) is 0.320. The van der Waals surface area contributed by atoms with Crippen LogP contribution in [0.3, 0.4) is 0 Å². The van der Waals surface area contributed by atoms with Crippen molar-refractivity contribution in [2.75, 3.05) is 13.2 Å². The van der Waals surface area contributed by atoms with Gasteiger partial charge in [-0.05, 0) is 54.7 Å². The third kappa shape index (κ3) is 8.08. The molecule has 0 aliphatic rings. The van der Waals surface area contributed by atoms with Crippen molar-refractivity contribution in [1.82, 2.24) is 10.3 Å². The van der Waals surface area contributed by atoms with E-state index < -0.39 is 17.7 Å². The monoisotopic (exact) mass is 520 g/mol. The van der Waals surface area contributed by atoms with E-state index in [9.17, 15) is 22.8 Å². The maximum absolute atomic E-state index is 12.7. The number of halogens is 3. The van der Waals surface area contributed by atoms with E-state index in [2.05, 4.69) is 24.1 Å². The molecule has 0 unspecified atom stereocenters. The lowest BCUT2D eigenvalue weighted by Gasteiger charge is -2.24. The van der Waals surface area contributed by atoms with Crippen LogP contribution in [-0.4, -0.2) is 35.1 Å². The Morgan fingerprint density at radius 3 is 2.39 bits per heavy atom. The van der Waals surface area contributed by atoms with Gasteiger partial charge in [0.05, 0.1) is 35.4 Å². The van der Waals surface area contributed by atoms with E-state index in [1.165, 1.54) is 23.5 Å². The molecule has 192 valence electrons. The fourth-order valence-corrected chi connectivity index (χ4v) is 4.21. The molecule has 0 fully saturated rings. The van der Waals surface area contributed by atoms with Gasteiger partial charge in [0.25, 0.3) is 5.91 Å². The number of alkyl halides is 3. The Bertz CT molecular complexity index is 1170. The van der Waals surface area contributed by atoms with E-state index in [0.29, 0.717) is 28.5 Å². The molecule has 0 spiro atoms. The van der Waals surface area contributed by atoms with Crippen LogP contribution < -0.4 is 10.1 Å². The molecule has 0 radical (unpaired) electrons. The number of aryl methyl sites for hydroxylation is 1. The highest BCUT2D eigenvalue weighted by Crippen LogP contribution is 2.31. The Labute approximate surface area is 211 Å². The smallest absolute Gasteiger partial charge is 0.416 e. The summed E-state index contributed by atoms with van der Waals surface area (Å²) in [7, 11) is 0. The number of thiophene rings is 1. The fraction of sp³-hybridized carbons (Fsp3) is 0.346. The molecule has 0 saturated carbocycles. The minimum absolute atomic E-state index is 0.0892. The Morgan fingerprint density at radius 1 is 1.06 bits per heavy atom. The van der Waals surface area contributed by atoms with Crippen LogP contribution in [-0.2, 0) is 17.4 Å². The molecule has 0 bridgehead atoms. The summed E-state index contributed by atoms with van der Waals surface area (Å²) < 4.78 is 44.1. The van der Waals surface area contributed by atoms with Crippen molar-refractivity contribution in [2.24, 2.45) is 5.41 Å². The number of rotatable bonds is 11. The molecule has 3 aromatic rings. The first-order valence-corrected chi connectivity index (χ1v) is 12.1. The standard InChI is InChI=1S/C26H27F3N2O4S/c1-25(2,13-11-20-8-10-22(36-20)24(34)30-14-12-23(32)33)16-35-19-7-9-21(31-15-19)17-3-5-18(6-4-17)26(27,28)29/h3-10,15H,11-14,16H2,1-2H3,(H,30,34)(H,32,33). The van der Waals surface area contributed by atoms with Gasteiger partial charge in [-0.3, -0.25) is 14.6 Å². The minimum Gasteiger partial charge on any atom is -0.491 e. The van der Waals surface area contributed by atoms with Gasteiger partial charge in [0.2, 0.25) is 0 Å². The van der Waals surface area contributed by atoms with Gasteiger partial charge in [-0.1, -0.05) is 26.0 Å². The van der Waals surface area contributed by atoms with Crippen LogP contribution in [0.2, 0.25) is 0 Å². The van der Waals surface area contributed by atoms with E-state index in [1.54, 1.807) is 24.4 Å². The zero-order chi connectivity index (χ0) is 26.3. The number of carbonyl (C=O) groups is 2. The fourth-order valence-electron chi connectivity index (χ4n) is 3.28. The number of aliphatic carboxylic acids is 1. The zero-order valence-electron chi connectivity index (χ0n) is 19.9. The third-order valence-electron chi connectivity index (χ3n) is 5.43. The summed E-state index contributed by atoms with van der Waals surface area (Å²) in [5, 5.41) is 11.3. The number of carboxylic acids is 1. The summed E-state index contributed by atoms with van der Waals surface area (Å²) in [6.45, 7) is 4.67. The molecule has 10 heteroatoms. The molecule has 0 atom stereocenters. The number of aromatic nitrogens is 1. The lowest BCUT2D eigenvalue weighted by atomic mass is 9.88. The highest BCUT2D eigenvalue weighted by Gasteiger charge is 2.30. The summed E-state index contributed by atoms with van der Waals surface area (Å²) >= 11 is 1.38. The number of nitrogens with zero attached hydrogens (tertiary/aromatic N) is 1. The number of carbonyl (C=O) groups excluding carboxylic acids is 1. The molecule has 6 nitrogen and oxygen atoms in total. The normalized spacial score (nSPS) is 11.8. The van der Waals surface area contributed by atoms with Gasteiger partial charge in [0, 0.05) is 17.0 Å². The summed E-state index contributed by atoms with van der Waals surface area (Å²) in [6, 6.07) is 11.9. The minimum atomic E-state index is -4.37. The Morgan fingerprint density at radius 2 is 1.78 bits per heavy atom. The van der Waals surface area contributed by atoms with E-state index in [1.807, 2.05) is 6.07 Å². The Kier molecular flexibility index (Phi) is 8.73. The summed E-state index contributed by atoms with van der Waals surface area (Å²) in [5.74, 6) is -0.671. The van der Waals surface area contributed by atoms with Gasteiger partial charge in [0.15, 0.2) is 0 Å². The van der Waals surface area contributed by atoms with Crippen molar-refractivity contribution >= 4 is 23.2 Å². The van der Waals surface area contributed by atoms with Crippen molar-refractivity contribution in [3.8, 4) is 17.0 Å². The second kappa shape index (κ2) is 11.6. The molecule has 0 aliphatic carbocycles. The lowest BCUT2D eigenvalue weighted by molar-refractivity contribution is -0.138. The lowest BCUT2D eigenvalue weighted by Crippen LogP contribution is -2.25. The van der Waals surface area contributed by atoms with E-state index in [4.69, 9.17) is 9.84 Å². The second-order valence-corrected chi connectivity index (χ2v) is 10.2. The van der Waals surface area contributed by atoms with Gasteiger partial charge < -0.3 is 15.2 Å². The largest absolute Gasteiger partial charge is 0.491 e. The molecule has 36 heavy (non-hydrogen) atoms. The molecule has 3 rings (SSSR count). The van der Waals surface area contributed by atoms with E-state index in [-0.39, 0.29) is 24.3 Å². The highest BCUT2D eigenvalue weighted by molar-refractivity contribution is 7.14. The molecule has 2 aromatic heterocycles. The molecule has 1 amide bonds. The first-order chi connectivity index (χ1) is 16.9. The number of nitrogens with one attached hydrogen (secondary N) is 1. The molecule has 2 heterocycles. The van der Waals surface area contributed by atoms with E-state index in [0.717, 1.165) is 29.9 Å². The summed E-state index contributed by atoms with van der Waals surface area (Å²) in [4.78, 5) is 28.6. The van der Waals surface area contributed by atoms with Crippen LogP contribution in [0.1, 0.15) is 46.8 Å². The van der Waals surface area contributed by atoms with Gasteiger partial charge in [0.1, 0.15) is 5.75 Å². The summed E-state index contributed by atoms with van der Waals surface area (Å²) in [6.07, 6.45) is -1.37. The number of ether oxygens (including phenoxy) is 1. The maximum atomic E-state index is 12.7. The van der Waals surface area contributed by atoms with Crippen LogP contribution >= 0.6 is 11.3 Å². The van der Waals surface area contributed by atoms with Gasteiger partial charge in [-0.15, -0.1) is 11.3 Å². The van der Waals surface area contributed by atoms with Crippen molar-refractivity contribution in [3.05, 3.63) is 70.0 Å². The molecule has 0 saturated heterocycles. The van der Waals surface area contributed by atoms with Crippen molar-refractivity contribution in [3.63, 3.8) is 0 Å². The number of amides is 1. The molecular weight excluding hydrogens is 493 g/mol. The van der Waals surface area contributed by atoms with Crippen LogP contribution in [0.25, 0.3) is 11.3 Å². The van der Waals surface area contributed by atoms with Gasteiger partial charge in [-0.2, -0.15) is 13.2 Å². The highest BCUT2D eigenvalue weighted by atomic mass is 32.1. The van der Waals surface area contributed by atoms with Crippen molar-refractivity contribution in [2.45, 2.75) is 39.3 Å². The number of hydrogen-bond donors (Lipinski definition) is 2. The number of benzene rings is 1. The van der Waals surface area contributed by atoms with Crippen molar-refractivity contribution in [1.29, 1.82) is 0 Å². The number of hydrogen-bond acceptors (Lipinski definition) is 5. The van der Waals surface area contributed by atoms with E-state index >= 15 is 0 Å². The Balaban J connectivity index is 1.48. The average Bonchev–Trinajstić information content (AvgIpc) is 3.31. The molecule has 2 N–H and O–H groups in total. The van der Waals surface area contributed by atoms with Gasteiger partial charge in [-0.25, -0.2) is 0 Å². The predicted molar refractivity (Wildman–Crippen MR) is 131 cm³/mol. The maximum Gasteiger partial charge on any atom is 0.416 e. The average molecular weight is 521 g/mol. The predicted octanol–water partition coefficient (Wildman–Crippen LogP) is 6.07. The topological polar surface area (TPSA) is 88.5 Å². The first kappa shape index (κ1) is 27.2. The van der Waals surface area contributed by atoms with Crippen molar-refractivity contribution < 1.29 is 32.6 Å². The van der Waals surface area contributed by atoms with Crippen LogP contribution in [0.15, 0.2) is 54.7 Å². The first-order valence-electron chi connectivity index (χ1n) is 11.3. The van der Waals surface area contributed by atoms with Crippen LogP contribution in [0, 0.1) is 5.41 Å². The molecular formula is C26H27F3N2O4S.